The molecule has 1 atom stereocenters. The number of rotatable bonds is 4. The van der Waals surface area contributed by atoms with Crippen LogP contribution in [0.2, 0.25) is 0 Å². The van der Waals surface area contributed by atoms with Crippen LogP contribution in [0.3, 0.4) is 0 Å². The van der Waals surface area contributed by atoms with Crippen LogP contribution in [-0.2, 0) is 10.0 Å². The molecule has 5 nitrogen and oxygen atoms in total. The fraction of sp³-hybridized carbons (Fsp3) is 0.389. The van der Waals surface area contributed by atoms with Crippen molar-refractivity contribution in [2.75, 3.05) is 7.05 Å². The maximum Gasteiger partial charge on any atom is 0.241 e. The summed E-state index contributed by atoms with van der Waals surface area (Å²) in [6.07, 6.45) is 3.91. The summed E-state index contributed by atoms with van der Waals surface area (Å²) < 4.78 is 28.6. The van der Waals surface area contributed by atoms with Gasteiger partial charge in [0, 0.05) is 17.0 Å². The molecule has 0 bridgehead atoms. The first-order chi connectivity index (χ1) is 11.5. The molecule has 1 fully saturated rings. The molecule has 0 aromatic heterocycles. The second kappa shape index (κ2) is 5.65. The van der Waals surface area contributed by atoms with Gasteiger partial charge < -0.3 is 5.32 Å². The van der Waals surface area contributed by atoms with Crippen LogP contribution in [0.4, 0.5) is 0 Å². The zero-order valence-electron chi connectivity index (χ0n) is 13.5. The van der Waals surface area contributed by atoms with Gasteiger partial charge in [0.2, 0.25) is 10.0 Å². The SMILES string of the molecule is CNC1C(=O)c2cccc3c(S(=O)(=O)NC4CCCC4)ccc1c23. The zero-order chi connectivity index (χ0) is 16.9. The van der Waals surface area contributed by atoms with Gasteiger partial charge >= 0.3 is 0 Å². The first-order valence-electron chi connectivity index (χ1n) is 8.32. The number of likely N-dealkylation sites (N-methyl/N-ethyl adjacent to an activating group) is 1. The number of ketones is 1. The highest BCUT2D eigenvalue weighted by Gasteiger charge is 2.34. The average molecular weight is 344 g/mol. The van der Waals surface area contributed by atoms with E-state index in [-0.39, 0.29) is 16.7 Å². The Hall–Kier alpha value is -1.76. The quantitative estimate of drug-likeness (QED) is 0.894. The maximum atomic E-state index is 12.9. The standard InChI is InChI=1S/C18H20N2O3S/c1-19-17-13-9-10-15(24(22,23)20-11-5-2-3-6-11)12-7-4-8-14(16(12)13)18(17)21/h4,7-11,17,19-20H,2-3,5-6H2,1H3. The fourth-order valence-electron chi connectivity index (χ4n) is 4.00. The normalized spacial score (nSPS) is 21.0. The second-order valence-corrected chi connectivity index (χ2v) is 8.25. The highest BCUT2D eigenvalue weighted by molar-refractivity contribution is 7.89. The van der Waals surface area contributed by atoms with E-state index in [0.717, 1.165) is 36.6 Å². The van der Waals surface area contributed by atoms with Gasteiger partial charge in [-0.2, -0.15) is 0 Å². The van der Waals surface area contributed by atoms with E-state index in [1.54, 1.807) is 37.4 Å². The third-order valence-corrected chi connectivity index (χ3v) is 6.71. The van der Waals surface area contributed by atoms with Gasteiger partial charge in [0.15, 0.2) is 5.78 Å². The van der Waals surface area contributed by atoms with E-state index >= 15 is 0 Å². The summed E-state index contributed by atoms with van der Waals surface area (Å²) in [6, 6.07) is 8.33. The zero-order valence-corrected chi connectivity index (χ0v) is 14.3. The van der Waals surface area contributed by atoms with E-state index < -0.39 is 16.1 Å². The Morgan fingerprint density at radius 1 is 1.08 bits per heavy atom. The summed E-state index contributed by atoms with van der Waals surface area (Å²) in [5.41, 5.74) is 1.45. The van der Waals surface area contributed by atoms with Crippen LogP contribution in [0.5, 0.6) is 0 Å². The number of carbonyl (C=O) groups excluding carboxylic acids is 1. The first kappa shape index (κ1) is 15.7. The van der Waals surface area contributed by atoms with Crippen molar-refractivity contribution in [3.63, 3.8) is 0 Å². The Balaban J connectivity index is 1.87. The number of hydrogen-bond acceptors (Lipinski definition) is 4. The van der Waals surface area contributed by atoms with Crippen molar-refractivity contribution in [1.29, 1.82) is 0 Å². The number of Topliss-reactive ketones (excluding diaryl/α,β-unsaturated/α-hetero) is 1. The smallest absolute Gasteiger partial charge is 0.241 e. The maximum absolute atomic E-state index is 12.9. The van der Waals surface area contributed by atoms with Crippen molar-refractivity contribution in [3.8, 4) is 0 Å². The third kappa shape index (κ3) is 2.29. The molecule has 1 saturated carbocycles. The molecule has 4 rings (SSSR count). The van der Waals surface area contributed by atoms with E-state index in [4.69, 9.17) is 0 Å². The minimum absolute atomic E-state index is 0.00333. The van der Waals surface area contributed by atoms with Crippen LogP contribution < -0.4 is 10.0 Å². The van der Waals surface area contributed by atoms with Crippen LogP contribution >= 0.6 is 0 Å². The minimum Gasteiger partial charge on any atom is -0.307 e. The van der Waals surface area contributed by atoms with Crippen molar-refractivity contribution >= 4 is 26.6 Å². The lowest BCUT2D eigenvalue weighted by Gasteiger charge is -2.15. The molecule has 0 saturated heterocycles. The third-order valence-electron chi connectivity index (χ3n) is 5.13. The monoisotopic (exact) mass is 344 g/mol. The van der Waals surface area contributed by atoms with Crippen molar-refractivity contribution in [3.05, 3.63) is 41.5 Å². The number of carbonyl (C=O) groups is 1. The van der Waals surface area contributed by atoms with Gasteiger partial charge in [-0.15, -0.1) is 0 Å². The predicted octanol–water partition coefficient (Wildman–Crippen LogP) is 2.52. The van der Waals surface area contributed by atoms with E-state index in [2.05, 4.69) is 10.0 Å². The number of hydrogen-bond donors (Lipinski definition) is 2. The summed E-state index contributed by atoms with van der Waals surface area (Å²) in [6.45, 7) is 0. The molecule has 2 aliphatic carbocycles. The Morgan fingerprint density at radius 3 is 2.54 bits per heavy atom. The van der Waals surface area contributed by atoms with Crippen molar-refractivity contribution in [1.82, 2.24) is 10.0 Å². The summed E-state index contributed by atoms with van der Waals surface area (Å²) in [7, 11) is -1.86. The highest BCUT2D eigenvalue weighted by Crippen LogP contribution is 2.39. The lowest BCUT2D eigenvalue weighted by Crippen LogP contribution is -2.32. The van der Waals surface area contributed by atoms with E-state index in [0.29, 0.717) is 10.9 Å². The molecule has 2 aromatic rings. The molecular formula is C18H20N2O3S. The predicted molar refractivity (Wildman–Crippen MR) is 92.7 cm³/mol. The van der Waals surface area contributed by atoms with Crippen LogP contribution in [-0.4, -0.2) is 27.3 Å². The van der Waals surface area contributed by atoms with E-state index in [1.165, 1.54) is 0 Å². The lowest BCUT2D eigenvalue weighted by molar-refractivity contribution is 0.0956. The Labute approximate surface area is 141 Å². The van der Waals surface area contributed by atoms with E-state index in [9.17, 15) is 13.2 Å². The minimum atomic E-state index is -3.60. The largest absolute Gasteiger partial charge is 0.307 e. The fourth-order valence-corrected chi connectivity index (χ4v) is 5.51. The van der Waals surface area contributed by atoms with Crippen molar-refractivity contribution in [2.45, 2.75) is 42.7 Å². The lowest BCUT2D eigenvalue weighted by atomic mass is 10.0. The van der Waals surface area contributed by atoms with Gasteiger partial charge in [-0.05, 0) is 36.9 Å². The van der Waals surface area contributed by atoms with E-state index in [1.807, 2.05) is 0 Å². The molecule has 2 aliphatic rings. The number of benzene rings is 2. The molecule has 1 unspecified atom stereocenters. The molecule has 2 N–H and O–H groups in total. The van der Waals surface area contributed by atoms with Gasteiger partial charge in [0.1, 0.15) is 0 Å². The summed E-state index contributed by atoms with van der Waals surface area (Å²) in [4.78, 5) is 12.8. The van der Waals surface area contributed by atoms with Gasteiger partial charge in [0.05, 0.1) is 10.9 Å². The molecule has 0 spiro atoms. The Morgan fingerprint density at radius 2 is 1.83 bits per heavy atom. The number of sulfonamides is 1. The van der Waals surface area contributed by atoms with Gasteiger partial charge in [0.25, 0.3) is 0 Å². The number of nitrogens with one attached hydrogen (secondary N) is 2. The molecule has 2 aromatic carbocycles. The first-order valence-corrected chi connectivity index (χ1v) is 9.80. The molecule has 0 amide bonds. The summed E-state index contributed by atoms with van der Waals surface area (Å²) in [5.74, 6) is -0.00333. The molecule has 126 valence electrons. The van der Waals surface area contributed by atoms with Gasteiger partial charge in [-0.1, -0.05) is 37.1 Å². The molecule has 24 heavy (non-hydrogen) atoms. The molecule has 0 heterocycles. The van der Waals surface area contributed by atoms with Crippen molar-refractivity contribution in [2.24, 2.45) is 0 Å². The van der Waals surface area contributed by atoms with Gasteiger partial charge in [-0.25, -0.2) is 13.1 Å². The summed E-state index contributed by atoms with van der Waals surface area (Å²) >= 11 is 0. The Bertz CT molecular complexity index is 931. The van der Waals surface area contributed by atoms with Gasteiger partial charge in [-0.3, -0.25) is 4.79 Å². The molecule has 6 heteroatoms. The van der Waals surface area contributed by atoms with Crippen LogP contribution in [0.1, 0.15) is 47.6 Å². The highest BCUT2D eigenvalue weighted by atomic mass is 32.2. The molecular weight excluding hydrogens is 324 g/mol. The van der Waals surface area contributed by atoms with Crippen LogP contribution in [0, 0.1) is 0 Å². The van der Waals surface area contributed by atoms with Crippen LogP contribution in [0.15, 0.2) is 35.2 Å². The van der Waals surface area contributed by atoms with Crippen LogP contribution in [0.25, 0.3) is 10.8 Å². The van der Waals surface area contributed by atoms with Crippen molar-refractivity contribution < 1.29 is 13.2 Å². The summed E-state index contributed by atoms with van der Waals surface area (Å²) in [5, 5.41) is 4.41. The topological polar surface area (TPSA) is 75.3 Å². The molecule has 0 aliphatic heterocycles. The Kier molecular flexibility index (Phi) is 3.71. The average Bonchev–Trinajstić information content (AvgIpc) is 3.15. The molecule has 0 radical (unpaired) electrons. The second-order valence-electron chi connectivity index (χ2n) is 6.57.